The first-order valence-electron chi connectivity index (χ1n) is 5.77. The fourth-order valence-corrected chi connectivity index (χ4v) is 2.30. The monoisotopic (exact) mass is 221 g/mol. The molecule has 86 valence electrons. The largest absolute Gasteiger partial charge is 0.336 e. The smallest absolute Gasteiger partial charge is 0.222 e. The van der Waals surface area contributed by atoms with Crippen molar-refractivity contribution in [3.8, 4) is 0 Å². The zero-order chi connectivity index (χ0) is 11.5. The van der Waals surface area contributed by atoms with Crippen LogP contribution in [0.1, 0.15) is 37.8 Å². The van der Waals surface area contributed by atoms with Gasteiger partial charge in [-0.05, 0) is 30.5 Å². The van der Waals surface area contributed by atoms with Crippen molar-refractivity contribution < 1.29 is 9.18 Å². The summed E-state index contributed by atoms with van der Waals surface area (Å²) in [6, 6.07) is 6.63. The first-order valence-corrected chi connectivity index (χ1v) is 5.77. The number of likely N-dealkylation sites (tertiary alicyclic amines) is 1. The molecule has 1 aromatic rings. The Hall–Kier alpha value is -1.38. The van der Waals surface area contributed by atoms with Crippen LogP contribution in [-0.2, 0) is 4.79 Å². The molecule has 1 atom stereocenters. The predicted octanol–water partition coefficient (Wildman–Crippen LogP) is 2.90. The minimum Gasteiger partial charge on any atom is -0.336 e. The third-order valence-corrected chi connectivity index (χ3v) is 3.13. The Bertz CT molecular complexity index is 374. The number of hydrogen-bond donors (Lipinski definition) is 0. The molecule has 2 rings (SSSR count). The maximum absolute atomic E-state index is 12.8. The highest BCUT2D eigenvalue weighted by Gasteiger charge is 2.28. The maximum Gasteiger partial charge on any atom is 0.222 e. The molecule has 3 heteroatoms. The molecule has 0 N–H and O–H groups in total. The summed E-state index contributed by atoms with van der Waals surface area (Å²) in [6.07, 6.45) is 2.56. The van der Waals surface area contributed by atoms with Crippen LogP contribution in [0.15, 0.2) is 24.3 Å². The first-order chi connectivity index (χ1) is 7.72. The summed E-state index contributed by atoms with van der Waals surface area (Å²) < 4.78 is 12.8. The van der Waals surface area contributed by atoms with Gasteiger partial charge in [0.1, 0.15) is 5.82 Å². The van der Waals surface area contributed by atoms with E-state index in [1.54, 1.807) is 12.1 Å². The summed E-state index contributed by atoms with van der Waals surface area (Å²) in [7, 11) is 0. The van der Waals surface area contributed by atoms with Gasteiger partial charge in [0.05, 0.1) is 6.04 Å². The van der Waals surface area contributed by atoms with Gasteiger partial charge < -0.3 is 4.90 Å². The van der Waals surface area contributed by atoms with Crippen LogP contribution in [0.3, 0.4) is 0 Å². The number of rotatable bonds is 2. The molecule has 0 aromatic heterocycles. The Labute approximate surface area is 95.1 Å². The Morgan fingerprint density at radius 1 is 1.44 bits per heavy atom. The van der Waals surface area contributed by atoms with Gasteiger partial charge in [-0.15, -0.1) is 0 Å². The third-order valence-electron chi connectivity index (χ3n) is 3.13. The summed E-state index contributed by atoms with van der Waals surface area (Å²) in [4.78, 5) is 13.6. The Morgan fingerprint density at radius 3 is 2.75 bits per heavy atom. The minimum absolute atomic E-state index is 0.146. The molecule has 1 heterocycles. The van der Waals surface area contributed by atoms with Crippen molar-refractivity contribution in [2.75, 3.05) is 6.54 Å². The van der Waals surface area contributed by atoms with Gasteiger partial charge in [-0.1, -0.05) is 19.1 Å². The van der Waals surface area contributed by atoms with Crippen LogP contribution in [0.5, 0.6) is 0 Å². The molecule has 0 spiro atoms. The van der Waals surface area contributed by atoms with Crippen LogP contribution in [0.2, 0.25) is 0 Å². The highest BCUT2D eigenvalue weighted by molar-refractivity contribution is 5.76. The average Bonchev–Trinajstić information content (AvgIpc) is 2.78. The van der Waals surface area contributed by atoms with E-state index in [4.69, 9.17) is 0 Å². The average molecular weight is 221 g/mol. The molecule has 1 unspecified atom stereocenters. The van der Waals surface area contributed by atoms with Crippen LogP contribution in [0.25, 0.3) is 0 Å². The summed E-state index contributed by atoms with van der Waals surface area (Å²) in [5.74, 6) is -0.0399. The van der Waals surface area contributed by atoms with Crippen molar-refractivity contribution in [2.24, 2.45) is 0 Å². The van der Waals surface area contributed by atoms with E-state index in [0.717, 1.165) is 24.9 Å². The number of halogens is 1. The summed E-state index contributed by atoms with van der Waals surface area (Å²) >= 11 is 0. The number of benzene rings is 1. The lowest BCUT2D eigenvalue weighted by molar-refractivity contribution is -0.131. The van der Waals surface area contributed by atoms with Crippen molar-refractivity contribution in [1.29, 1.82) is 0 Å². The van der Waals surface area contributed by atoms with E-state index in [1.165, 1.54) is 12.1 Å². The molecular formula is C13H16FNO. The van der Waals surface area contributed by atoms with Gasteiger partial charge in [0, 0.05) is 13.0 Å². The molecule has 0 bridgehead atoms. The van der Waals surface area contributed by atoms with Gasteiger partial charge in [-0.2, -0.15) is 0 Å². The van der Waals surface area contributed by atoms with Crippen molar-refractivity contribution in [3.05, 3.63) is 35.6 Å². The van der Waals surface area contributed by atoms with Gasteiger partial charge in [-0.25, -0.2) is 4.39 Å². The highest BCUT2D eigenvalue weighted by Crippen LogP contribution is 2.32. The number of amides is 1. The van der Waals surface area contributed by atoms with Crippen molar-refractivity contribution in [2.45, 2.75) is 32.2 Å². The Balaban J connectivity index is 2.19. The van der Waals surface area contributed by atoms with E-state index >= 15 is 0 Å². The Morgan fingerprint density at radius 2 is 2.12 bits per heavy atom. The molecule has 16 heavy (non-hydrogen) atoms. The predicted molar refractivity (Wildman–Crippen MR) is 60.4 cm³/mol. The van der Waals surface area contributed by atoms with E-state index in [-0.39, 0.29) is 17.8 Å². The molecule has 1 amide bonds. The fourth-order valence-electron chi connectivity index (χ4n) is 2.30. The van der Waals surface area contributed by atoms with E-state index < -0.39 is 0 Å². The number of hydrogen-bond acceptors (Lipinski definition) is 1. The molecule has 1 fully saturated rings. The number of nitrogens with zero attached hydrogens (tertiary/aromatic N) is 1. The van der Waals surface area contributed by atoms with Crippen LogP contribution in [-0.4, -0.2) is 17.4 Å². The quantitative estimate of drug-likeness (QED) is 0.752. The molecule has 1 aliphatic rings. The summed E-state index contributed by atoms with van der Waals surface area (Å²) in [5.41, 5.74) is 1.04. The Kier molecular flexibility index (Phi) is 3.22. The SMILES string of the molecule is CCC(=O)N1CCCC1c1ccc(F)cc1. The zero-order valence-corrected chi connectivity index (χ0v) is 9.45. The fraction of sp³-hybridized carbons (Fsp3) is 0.462. The second-order valence-corrected chi connectivity index (χ2v) is 4.15. The molecule has 1 aliphatic heterocycles. The maximum atomic E-state index is 12.8. The van der Waals surface area contributed by atoms with Crippen molar-refractivity contribution in [1.82, 2.24) is 4.90 Å². The van der Waals surface area contributed by atoms with Gasteiger partial charge >= 0.3 is 0 Å². The number of carbonyl (C=O) groups excluding carboxylic acids is 1. The first kappa shape index (κ1) is 11.1. The lowest BCUT2D eigenvalue weighted by atomic mass is 10.0. The molecule has 1 aromatic carbocycles. The molecule has 0 saturated carbocycles. The van der Waals surface area contributed by atoms with Gasteiger partial charge in [0.2, 0.25) is 5.91 Å². The topological polar surface area (TPSA) is 20.3 Å². The molecular weight excluding hydrogens is 205 g/mol. The van der Waals surface area contributed by atoms with Crippen LogP contribution < -0.4 is 0 Å². The summed E-state index contributed by atoms with van der Waals surface area (Å²) in [5, 5.41) is 0. The molecule has 1 saturated heterocycles. The second kappa shape index (κ2) is 4.64. The van der Waals surface area contributed by atoms with E-state index in [0.29, 0.717) is 6.42 Å². The molecule has 0 radical (unpaired) electrons. The van der Waals surface area contributed by atoms with Crippen LogP contribution >= 0.6 is 0 Å². The van der Waals surface area contributed by atoms with Gasteiger partial charge in [0.15, 0.2) is 0 Å². The van der Waals surface area contributed by atoms with Crippen molar-refractivity contribution in [3.63, 3.8) is 0 Å². The van der Waals surface area contributed by atoms with E-state index in [1.807, 2.05) is 11.8 Å². The minimum atomic E-state index is -0.227. The lowest BCUT2D eigenvalue weighted by Crippen LogP contribution is -2.29. The third kappa shape index (κ3) is 2.08. The van der Waals surface area contributed by atoms with E-state index in [9.17, 15) is 9.18 Å². The number of carbonyl (C=O) groups is 1. The van der Waals surface area contributed by atoms with E-state index in [2.05, 4.69) is 0 Å². The molecule has 0 aliphatic carbocycles. The van der Waals surface area contributed by atoms with Crippen LogP contribution in [0.4, 0.5) is 4.39 Å². The normalized spacial score (nSPS) is 20.1. The highest BCUT2D eigenvalue weighted by atomic mass is 19.1. The van der Waals surface area contributed by atoms with Crippen LogP contribution in [0, 0.1) is 5.82 Å². The summed E-state index contributed by atoms with van der Waals surface area (Å²) in [6.45, 7) is 2.71. The second-order valence-electron chi connectivity index (χ2n) is 4.15. The lowest BCUT2D eigenvalue weighted by Gasteiger charge is -2.24. The van der Waals surface area contributed by atoms with Gasteiger partial charge in [-0.3, -0.25) is 4.79 Å². The standard InChI is InChI=1S/C13H16FNO/c1-2-13(16)15-9-3-4-12(15)10-5-7-11(14)8-6-10/h5-8,12H,2-4,9H2,1H3. The molecule has 2 nitrogen and oxygen atoms in total. The van der Waals surface area contributed by atoms with Gasteiger partial charge in [0.25, 0.3) is 0 Å². The van der Waals surface area contributed by atoms with Crippen molar-refractivity contribution >= 4 is 5.91 Å². The zero-order valence-electron chi connectivity index (χ0n) is 9.45.